The van der Waals surface area contributed by atoms with E-state index in [-0.39, 0.29) is 5.91 Å². The molecule has 0 saturated heterocycles. The fourth-order valence-corrected chi connectivity index (χ4v) is 4.12. The molecule has 0 fully saturated rings. The number of benzene rings is 2. The molecular formula is C20H20N2O3S2. The van der Waals surface area contributed by atoms with Gasteiger partial charge in [0.1, 0.15) is 0 Å². The van der Waals surface area contributed by atoms with Gasteiger partial charge >= 0.3 is 0 Å². The maximum absolute atomic E-state index is 12.7. The molecule has 5 nitrogen and oxygen atoms in total. The van der Waals surface area contributed by atoms with Gasteiger partial charge < -0.3 is 14.8 Å². The van der Waals surface area contributed by atoms with Gasteiger partial charge in [0.25, 0.3) is 5.91 Å². The standard InChI is InChI=1S/C20H20N2O3S2/c1-24-17-8-7-14(9-18(17)25-2)10-21-20(23)16-5-3-4-6-19(16)27-12-15-11-26-13-22-15/h3-9,11,13H,10,12H2,1-2H3,(H,21,23). The van der Waals surface area contributed by atoms with Crippen LogP contribution in [0, 0.1) is 0 Å². The molecule has 7 heteroatoms. The predicted molar refractivity (Wildman–Crippen MR) is 109 cm³/mol. The van der Waals surface area contributed by atoms with Crippen LogP contribution in [0.2, 0.25) is 0 Å². The normalized spacial score (nSPS) is 10.4. The lowest BCUT2D eigenvalue weighted by Crippen LogP contribution is -2.23. The van der Waals surface area contributed by atoms with Crippen molar-refractivity contribution >= 4 is 29.0 Å². The van der Waals surface area contributed by atoms with Gasteiger partial charge in [0.2, 0.25) is 0 Å². The van der Waals surface area contributed by atoms with E-state index in [9.17, 15) is 4.79 Å². The number of hydrogen-bond donors (Lipinski definition) is 1. The Bertz CT molecular complexity index is 898. The van der Waals surface area contributed by atoms with Crippen molar-refractivity contribution in [2.75, 3.05) is 14.2 Å². The highest BCUT2D eigenvalue weighted by molar-refractivity contribution is 7.98. The van der Waals surface area contributed by atoms with Gasteiger partial charge in [0.15, 0.2) is 11.5 Å². The van der Waals surface area contributed by atoms with E-state index in [1.165, 1.54) is 0 Å². The van der Waals surface area contributed by atoms with Crippen LogP contribution in [0.3, 0.4) is 0 Å². The van der Waals surface area contributed by atoms with Gasteiger partial charge in [-0.25, -0.2) is 4.98 Å². The molecule has 0 radical (unpaired) electrons. The third-order valence-electron chi connectivity index (χ3n) is 3.89. The van der Waals surface area contributed by atoms with Gasteiger partial charge in [-0.1, -0.05) is 18.2 Å². The molecule has 1 heterocycles. The van der Waals surface area contributed by atoms with Crippen molar-refractivity contribution in [2.45, 2.75) is 17.2 Å². The molecule has 2 aromatic carbocycles. The molecule has 0 aliphatic heterocycles. The smallest absolute Gasteiger partial charge is 0.252 e. The van der Waals surface area contributed by atoms with E-state index in [2.05, 4.69) is 10.3 Å². The molecular weight excluding hydrogens is 380 g/mol. The SMILES string of the molecule is COc1ccc(CNC(=O)c2ccccc2SCc2cscn2)cc1OC. The molecule has 1 N–H and O–H groups in total. The van der Waals surface area contributed by atoms with E-state index in [1.807, 2.05) is 53.4 Å². The molecule has 0 aliphatic rings. The summed E-state index contributed by atoms with van der Waals surface area (Å²) in [5.41, 5.74) is 4.44. The van der Waals surface area contributed by atoms with Crippen LogP contribution in [-0.2, 0) is 12.3 Å². The van der Waals surface area contributed by atoms with E-state index in [0.717, 1.165) is 21.9 Å². The first-order chi connectivity index (χ1) is 13.2. The zero-order chi connectivity index (χ0) is 19.1. The highest BCUT2D eigenvalue weighted by Gasteiger charge is 2.12. The van der Waals surface area contributed by atoms with Gasteiger partial charge in [-0.15, -0.1) is 23.1 Å². The maximum Gasteiger partial charge on any atom is 0.252 e. The topological polar surface area (TPSA) is 60.5 Å². The van der Waals surface area contributed by atoms with Crippen LogP contribution in [0.5, 0.6) is 11.5 Å². The number of ether oxygens (including phenoxy) is 2. The zero-order valence-corrected chi connectivity index (χ0v) is 16.7. The van der Waals surface area contributed by atoms with Gasteiger partial charge in [-0.3, -0.25) is 4.79 Å². The second-order valence-corrected chi connectivity index (χ2v) is 7.37. The first-order valence-corrected chi connectivity index (χ1v) is 10.2. The number of carbonyl (C=O) groups excluding carboxylic acids is 1. The van der Waals surface area contributed by atoms with E-state index in [1.54, 1.807) is 37.3 Å². The molecule has 140 valence electrons. The molecule has 0 saturated carbocycles. The number of carbonyl (C=O) groups is 1. The first-order valence-electron chi connectivity index (χ1n) is 8.29. The number of thioether (sulfide) groups is 1. The molecule has 0 atom stereocenters. The molecule has 0 bridgehead atoms. The maximum atomic E-state index is 12.7. The largest absolute Gasteiger partial charge is 0.493 e. The Morgan fingerprint density at radius 1 is 1.15 bits per heavy atom. The summed E-state index contributed by atoms with van der Waals surface area (Å²) in [5.74, 6) is 1.94. The predicted octanol–water partition coefficient (Wildman–Crippen LogP) is 4.38. The summed E-state index contributed by atoms with van der Waals surface area (Å²) in [6.45, 7) is 0.407. The summed E-state index contributed by atoms with van der Waals surface area (Å²) in [6.07, 6.45) is 0. The van der Waals surface area contributed by atoms with Crippen molar-refractivity contribution < 1.29 is 14.3 Å². The van der Waals surface area contributed by atoms with Crippen molar-refractivity contribution in [3.8, 4) is 11.5 Å². The lowest BCUT2D eigenvalue weighted by Gasteiger charge is -2.12. The van der Waals surface area contributed by atoms with Gasteiger partial charge in [0, 0.05) is 22.6 Å². The molecule has 0 aliphatic carbocycles. The second kappa shape index (κ2) is 9.43. The van der Waals surface area contributed by atoms with E-state index in [4.69, 9.17) is 9.47 Å². The fraction of sp³-hybridized carbons (Fsp3) is 0.200. The van der Waals surface area contributed by atoms with E-state index in [0.29, 0.717) is 23.6 Å². The summed E-state index contributed by atoms with van der Waals surface area (Å²) in [7, 11) is 3.19. The summed E-state index contributed by atoms with van der Waals surface area (Å²) < 4.78 is 10.5. The summed E-state index contributed by atoms with van der Waals surface area (Å²) in [5, 5.41) is 5.00. The zero-order valence-electron chi connectivity index (χ0n) is 15.1. The Hall–Kier alpha value is -2.51. The minimum Gasteiger partial charge on any atom is -0.493 e. The summed E-state index contributed by atoms with van der Waals surface area (Å²) in [6, 6.07) is 13.2. The number of thiazole rings is 1. The number of methoxy groups -OCH3 is 2. The Morgan fingerprint density at radius 2 is 1.96 bits per heavy atom. The Balaban J connectivity index is 1.66. The third-order valence-corrected chi connectivity index (χ3v) is 5.63. The van der Waals surface area contributed by atoms with Crippen LogP contribution in [0.15, 0.2) is 58.3 Å². The Kier molecular flexibility index (Phi) is 6.73. The number of amides is 1. The number of rotatable bonds is 8. The Labute approximate surface area is 166 Å². The lowest BCUT2D eigenvalue weighted by atomic mass is 10.1. The average Bonchev–Trinajstić information content (AvgIpc) is 3.24. The number of aromatic nitrogens is 1. The number of nitrogens with one attached hydrogen (secondary N) is 1. The second-order valence-electron chi connectivity index (χ2n) is 5.64. The van der Waals surface area contributed by atoms with Crippen molar-refractivity contribution in [1.29, 1.82) is 0 Å². The molecule has 3 rings (SSSR count). The molecule has 0 spiro atoms. The quantitative estimate of drug-likeness (QED) is 0.569. The van der Waals surface area contributed by atoms with Crippen LogP contribution in [0.1, 0.15) is 21.6 Å². The molecule has 1 aromatic heterocycles. The van der Waals surface area contributed by atoms with Crippen molar-refractivity contribution in [2.24, 2.45) is 0 Å². The van der Waals surface area contributed by atoms with Crippen LogP contribution in [-0.4, -0.2) is 25.1 Å². The summed E-state index contributed by atoms with van der Waals surface area (Å²) >= 11 is 3.19. The molecule has 3 aromatic rings. The van der Waals surface area contributed by atoms with Crippen molar-refractivity contribution in [1.82, 2.24) is 10.3 Å². The number of nitrogens with zero attached hydrogens (tertiary/aromatic N) is 1. The lowest BCUT2D eigenvalue weighted by molar-refractivity contribution is 0.0948. The number of hydrogen-bond acceptors (Lipinski definition) is 6. The first kappa shape index (κ1) is 19.3. The minimum atomic E-state index is -0.105. The van der Waals surface area contributed by atoms with Crippen molar-refractivity contribution in [3.05, 3.63) is 70.2 Å². The van der Waals surface area contributed by atoms with Gasteiger partial charge in [0.05, 0.1) is 31.0 Å². The summed E-state index contributed by atoms with van der Waals surface area (Å²) in [4.78, 5) is 17.9. The molecule has 27 heavy (non-hydrogen) atoms. The van der Waals surface area contributed by atoms with E-state index < -0.39 is 0 Å². The average molecular weight is 401 g/mol. The highest BCUT2D eigenvalue weighted by atomic mass is 32.2. The van der Waals surface area contributed by atoms with Crippen LogP contribution in [0.25, 0.3) is 0 Å². The molecule has 1 amide bonds. The van der Waals surface area contributed by atoms with Gasteiger partial charge in [-0.2, -0.15) is 0 Å². The van der Waals surface area contributed by atoms with Crippen LogP contribution in [0.4, 0.5) is 0 Å². The van der Waals surface area contributed by atoms with Gasteiger partial charge in [-0.05, 0) is 29.8 Å². The van der Waals surface area contributed by atoms with Crippen molar-refractivity contribution in [3.63, 3.8) is 0 Å². The fourth-order valence-electron chi connectivity index (χ4n) is 2.51. The van der Waals surface area contributed by atoms with Crippen LogP contribution >= 0.6 is 23.1 Å². The highest BCUT2D eigenvalue weighted by Crippen LogP contribution is 2.28. The van der Waals surface area contributed by atoms with Crippen LogP contribution < -0.4 is 14.8 Å². The minimum absolute atomic E-state index is 0.105. The Morgan fingerprint density at radius 3 is 2.70 bits per heavy atom. The monoisotopic (exact) mass is 400 g/mol. The van der Waals surface area contributed by atoms with E-state index >= 15 is 0 Å². The third kappa shape index (κ3) is 5.02. The molecule has 0 unspecified atom stereocenters.